The summed E-state index contributed by atoms with van der Waals surface area (Å²) in [6, 6.07) is 13.9. The molecule has 3 aromatic rings. The molecular formula is C30H36N4O3. The zero-order valence-electron chi connectivity index (χ0n) is 22.2. The number of carbonyl (C=O) groups excluding carboxylic acids is 1. The number of methoxy groups -OCH3 is 1. The molecule has 7 heteroatoms. The Hall–Kier alpha value is -3.71. The second-order valence-corrected chi connectivity index (χ2v) is 9.55. The Bertz CT molecular complexity index is 1430. The van der Waals surface area contributed by atoms with Crippen molar-refractivity contribution in [1.82, 2.24) is 9.47 Å². The van der Waals surface area contributed by atoms with Gasteiger partial charge in [0.25, 0.3) is 5.56 Å². The van der Waals surface area contributed by atoms with Gasteiger partial charge >= 0.3 is 0 Å². The summed E-state index contributed by atoms with van der Waals surface area (Å²) in [5.74, 6) is 0.453. The zero-order chi connectivity index (χ0) is 26.5. The van der Waals surface area contributed by atoms with Crippen molar-refractivity contribution >= 4 is 34.3 Å². The Morgan fingerprint density at radius 2 is 1.78 bits per heavy atom. The molecule has 2 aromatic carbocycles. The number of hydrogen-bond donors (Lipinski definition) is 1. The summed E-state index contributed by atoms with van der Waals surface area (Å²) >= 11 is 0. The number of fused-ring (bicyclic) bond motifs is 2. The van der Waals surface area contributed by atoms with Crippen LogP contribution in [0.1, 0.15) is 44.4 Å². The monoisotopic (exact) mass is 500 g/mol. The fourth-order valence-electron chi connectivity index (χ4n) is 4.89. The lowest BCUT2D eigenvalue weighted by Gasteiger charge is -2.22. The lowest BCUT2D eigenvalue weighted by atomic mass is 9.98. The Balaban J connectivity index is 1.70. The molecule has 194 valence electrons. The van der Waals surface area contributed by atoms with Crippen molar-refractivity contribution in [2.24, 2.45) is 10.7 Å². The fraction of sp³-hybridized carbons (Fsp3) is 0.367. The third-order valence-electron chi connectivity index (χ3n) is 6.71. The maximum absolute atomic E-state index is 13.2. The van der Waals surface area contributed by atoms with Crippen LogP contribution in [0.5, 0.6) is 0 Å². The molecule has 0 bridgehead atoms. The van der Waals surface area contributed by atoms with Crippen LogP contribution in [0.4, 0.5) is 5.69 Å². The average molecular weight is 501 g/mol. The molecule has 0 fully saturated rings. The summed E-state index contributed by atoms with van der Waals surface area (Å²) in [5.41, 5.74) is 11.4. The molecule has 0 saturated heterocycles. The molecule has 1 aliphatic heterocycles. The quantitative estimate of drug-likeness (QED) is 0.445. The molecular weight excluding hydrogens is 464 g/mol. The highest BCUT2D eigenvalue weighted by atomic mass is 16.5. The first kappa shape index (κ1) is 26.4. The van der Waals surface area contributed by atoms with Gasteiger partial charge in [-0.2, -0.15) is 0 Å². The Kier molecular flexibility index (Phi) is 8.24. The summed E-state index contributed by atoms with van der Waals surface area (Å²) in [6.45, 7) is 8.56. The van der Waals surface area contributed by atoms with Crippen LogP contribution in [0.15, 0.2) is 57.8 Å². The van der Waals surface area contributed by atoms with Gasteiger partial charge in [-0.25, -0.2) is 4.99 Å². The van der Waals surface area contributed by atoms with Crippen molar-refractivity contribution < 1.29 is 9.53 Å². The smallest absolute Gasteiger partial charge is 0.258 e. The van der Waals surface area contributed by atoms with E-state index in [1.165, 1.54) is 0 Å². The van der Waals surface area contributed by atoms with E-state index in [0.29, 0.717) is 36.4 Å². The molecule has 1 aliphatic rings. The molecule has 1 aromatic heterocycles. The van der Waals surface area contributed by atoms with E-state index in [-0.39, 0.29) is 11.5 Å². The van der Waals surface area contributed by atoms with Crippen LogP contribution in [0.25, 0.3) is 28.0 Å². The van der Waals surface area contributed by atoms with Crippen LogP contribution in [0, 0.1) is 6.92 Å². The molecule has 0 aliphatic carbocycles. The summed E-state index contributed by atoms with van der Waals surface area (Å²) in [5, 5.41) is 1.57. The normalized spacial score (nSPS) is 13.1. The first-order valence-corrected chi connectivity index (χ1v) is 13.0. The standard InChI is InChI=1S/C30H36N4O3/c1-5-11-33(12-6-2)29(35)25-17-23-8-7-22(18-27(23)32-28(31)19-25)21-9-10-26-24(16-21)15-20(3)34(30(26)36)13-14-37-4/h7-10,15-18H,5-6,11-14,19H2,1-4H3,(H2,31,32). The van der Waals surface area contributed by atoms with E-state index < -0.39 is 0 Å². The van der Waals surface area contributed by atoms with Crippen LogP contribution in [-0.4, -0.2) is 48.0 Å². The van der Waals surface area contributed by atoms with E-state index in [9.17, 15) is 9.59 Å². The van der Waals surface area contributed by atoms with Gasteiger partial charge in [-0.1, -0.05) is 32.0 Å². The molecule has 1 amide bonds. The zero-order valence-corrected chi connectivity index (χ0v) is 22.2. The number of amides is 1. The average Bonchev–Trinajstić information content (AvgIpc) is 3.05. The van der Waals surface area contributed by atoms with Crippen LogP contribution in [0.3, 0.4) is 0 Å². The minimum absolute atomic E-state index is 0.0135. The van der Waals surface area contributed by atoms with Gasteiger partial charge in [-0.05, 0) is 66.6 Å². The van der Waals surface area contributed by atoms with Gasteiger partial charge in [-0.3, -0.25) is 9.59 Å². The number of carbonyl (C=O) groups is 1. The lowest BCUT2D eigenvalue weighted by molar-refractivity contribution is -0.127. The summed E-state index contributed by atoms with van der Waals surface area (Å²) < 4.78 is 6.90. The fourth-order valence-corrected chi connectivity index (χ4v) is 4.89. The molecule has 0 radical (unpaired) electrons. The predicted octanol–water partition coefficient (Wildman–Crippen LogP) is 5.05. The minimum Gasteiger partial charge on any atom is -0.387 e. The summed E-state index contributed by atoms with van der Waals surface area (Å²) in [4.78, 5) is 32.8. The number of aliphatic imine (C=N–C) groups is 1. The van der Waals surface area contributed by atoms with Crippen molar-refractivity contribution in [2.75, 3.05) is 26.8 Å². The Morgan fingerprint density at radius 1 is 1.08 bits per heavy atom. The van der Waals surface area contributed by atoms with Crippen LogP contribution in [-0.2, 0) is 16.1 Å². The highest BCUT2D eigenvalue weighted by Crippen LogP contribution is 2.33. The minimum atomic E-state index is -0.0135. The number of amidine groups is 1. The van der Waals surface area contributed by atoms with Crippen molar-refractivity contribution in [2.45, 2.75) is 46.6 Å². The van der Waals surface area contributed by atoms with E-state index in [4.69, 9.17) is 10.5 Å². The first-order valence-electron chi connectivity index (χ1n) is 13.0. The van der Waals surface area contributed by atoms with E-state index in [1.807, 2.05) is 60.4 Å². The van der Waals surface area contributed by atoms with Crippen LogP contribution < -0.4 is 11.3 Å². The number of aryl methyl sites for hydroxylation is 1. The van der Waals surface area contributed by atoms with Gasteiger partial charge in [0.15, 0.2) is 0 Å². The largest absolute Gasteiger partial charge is 0.387 e. The van der Waals surface area contributed by atoms with E-state index in [1.54, 1.807) is 11.7 Å². The number of nitrogens with two attached hydrogens (primary N) is 1. The molecule has 0 unspecified atom stereocenters. The number of pyridine rings is 1. The van der Waals surface area contributed by atoms with Gasteiger partial charge in [0.1, 0.15) is 5.84 Å². The molecule has 0 saturated carbocycles. The van der Waals surface area contributed by atoms with Crippen molar-refractivity contribution in [1.29, 1.82) is 0 Å². The van der Waals surface area contributed by atoms with Crippen molar-refractivity contribution in [3.8, 4) is 11.1 Å². The summed E-state index contributed by atoms with van der Waals surface area (Å²) in [6.07, 6.45) is 4.08. The molecule has 0 atom stereocenters. The third kappa shape index (κ3) is 5.67. The highest BCUT2D eigenvalue weighted by Gasteiger charge is 2.21. The molecule has 37 heavy (non-hydrogen) atoms. The van der Waals surface area contributed by atoms with E-state index >= 15 is 0 Å². The van der Waals surface area contributed by atoms with Crippen molar-refractivity contribution in [3.63, 3.8) is 0 Å². The number of benzene rings is 2. The highest BCUT2D eigenvalue weighted by molar-refractivity contribution is 6.05. The predicted molar refractivity (Wildman–Crippen MR) is 151 cm³/mol. The molecule has 0 spiro atoms. The number of hydrogen-bond acceptors (Lipinski definition) is 5. The second kappa shape index (κ2) is 11.6. The lowest BCUT2D eigenvalue weighted by Crippen LogP contribution is -2.34. The molecule has 2 N–H and O–H groups in total. The first-order chi connectivity index (χ1) is 17.9. The summed E-state index contributed by atoms with van der Waals surface area (Å²) in [7, 11) is 1.63. The third-order valence-corrected chi connectivity index (χ3v) is 6.71. The van der Waals surface area contributed by atoms with Crippen LogP contribution >= 0.6 is 0 Å². The topological polar surface area (TPSA) is 89.9 Å². The Labute approximate surface area is 218 Å². The van der Waals surface area contributed by atoms with Crippen LogP contribution in [0.2, 0.25) is 0 Å². The maximum Gasteiger partial charge on any atom is 0.258 e. The number of nitrogens with zero attached hydrogens (tertiary/aromatic N) is 3. The van der Waals surface area contributed by atoms with Gasteiger partial charge in [0.2, 0.25) is 5.91 Å². The van der Waals surface area contributed by atoms with E-state index in [2.05, 4.69) is 18.8 Å². The number of rotatable bonds is 9. The van der Waals surface area contributed by atoms with Gasteiger partial charge in [-0.15, -0.1) is 0 Å². The SMILES string of the molecule is CCCN(CCC)C(=O)C1=Cc2ccc(-c3ccc4c(=O)n(CCOC)c(C)cc4c3)cc2N=C(N)C1. The Morgan fingerprint density at radius 3 is 2.49 bits per heavy atom. The van der Waals surface area contributed by atoms with Gasteiger partial charge in [0, 0.05) is 55.4 Å². The van der Waals surface area contributed by atoms with Gasteiger partial charge < -0.3 is 19.9 Å². The number of aromatic nitrogens is 1. The van der Waals surface area contributed by atoms with E-state index in [0.717, 1.165) is 59.4 Å². The molecule has 4 rings (SSSR count). The van der Waals surface area contributed by atoms with Crippen molar-refractivity contribution in [3.05, 3.63) is 69.6 Å². The molecule has 2 heterocycles. The molecule has 7 nitrogen and oxygen atoms in total. The second-order valence-electron chi connectivity index (χ2n) is 9.55. The maximum atomic E-state index is 13.2. The number of ether oxygens (including phenoxy) is 1. The van der Waals surface area contributed by atoms with Gasteiger partial charge in [0.05, 0.1) is 12.3 Å².